The van der Waals surface area contributed by atoms with Gasteiger partial charge in [0.2, 0.25) is 0 Å². The molecule has 1 aromatic rings. The molecule has 14 heavy (non-hydrogen) atoms. The molecule has 1 aliphatic heterocycles. The van der Waals surface area contributed by atoms with E-state index in [4.69, 9.17) is 0 Å². The Morgan fingerprint density at radius 1 is 1.21 bits per heavy atom. The normalized spacial score (nSPS) is 28.2. The summed E-state index contributed by atoms with van der Waals surface area (Å²) >= 11 is 3.48. The molecule has 1 spiro atoms. The summed E-state index contributed by atoms with van der Waals surface area (Å²) in [6.45, 7) is 2.40. The molecule has 0 unspecified atom stereocenters. The number of benzene rings is 1. The number of hydrogen-bond donors (Lipinski definition) is 1. The van der Waals surface area contributed by atoms with Crippen molar-refractivity contribution in [3.8, 4) is 0 Å². The Morgan fingerprint density at radius 3 is 2.57 bits per heavy atom. The van der Waals surface area contributed by atoms with Crippen LogP contribution in [0.25, 0.3) is 0 Å². The van der Waals surface area contributed by atoms with E-state index in [1.165, 1.54) is 36.0 Å². The maximum absolute atomic E-state index is 3.53. The highest BCUT2D eigenvalue weighted by molar-refractivity contribution is 9.10. The Hall–Kier alpha value is -0.340. The minimum absolute atomic E-state index is 0.633. The first-order valence-electron chi connectivity index (χ1n) is 5.26. The lowest BCUT2D eigenvalue weighted by Gasteiger charge is -2.17. The molecule has 74 valence electrons. The van der Waals surface area contributed by atoms with E-state index in [9.17, 15) is 0 Å². The number of halogens is 1. The lowest BCUT2D eigenvalue weighted by molar-refractivity contribution is 0.502. The average molecular weight is 252 g/mol. The van der Waals surface area contributed by atoms with Crippen molar-refractivity contribution < 1.29 is 0 Å². The van der Waals surface area contributed by atoms with Gasteiger partial charge < -0.3 is 5.32 Å². The maximum Gasteiger partial charge on any atom is 0.0175 e. The number of rotatable bonds is 1. The summed E-state index contributed by atoms with van der Waals surface area (Å²) in [5.41, 5.74) is 2.14. The summed E-state index contributed by atoms with van der Waals surface area (Å²) in [5.74, 6) is 0.760. The molecular formula is C12H14BrN. The number of hydrogen-bond acceptors (Lipinski definition) is 1. The average Bonchev–Trinajstić information content (AvgIpc) is 2.82. The van der Waals surface area contributed by atoms with Crippen LogP contribution in [0, 0.1) is 5.41 Å². The third-order valence-electron chi connectivity index (χ3n) is 3.73. The summed E-state index contributed by atoms with van der Waals surface area (Å²) in [4.78, 5) is 0. The van der Waals surface area contributed by atoms with Gasteiger partial charge in [0, 0.05) is 23.5 Å². The largest absolute Gasteiger partial charge is 0.316 e. The zero-order chi connectivity index (χ0) is 9.60. The highest BCUT2D eigenvalue weighted by atomic mass is 79.9. The second kappa shape index (κ2) is 3.07. The third-order valence-corrected chi connectivity index (χ3v) is 4.26. The highest BCUT2D eigenvalue weighted by Gasteiger charge is 2.52. The first-order chi connectivity index (χ1) is 6.80. The molecule has 1 saturated carbocycles. The lowest BCUT2D eigenvalue weighted by atomic mass is 9.86. The Labute approximate surface area is 93.0 Å². The van der Waals surface area contributed by atoms with Gasteiger partial charge in [-0.3, -0.25) is 0 Å². The predicted octanol–water partition coefficient (Wildman–Crippen LogP) is 2.92. The molecule has 1 nitrogen and oxygen atoms in total. The van der Waals surface area contributed by atoms with E-state index >= 15 is 0 Å². The van der Waals surface area contributed by atoms with Gasteiger partial charge in [-0.25, -0.2) is 0 Å². The lowest BCUT2D eigenvalue weighted by Crippen LogP contribution is -2.11. The fraction of sp³-hybridized carbons (Fsp3) is 0.500. The van der Waals surface area contributed by atoms with Crippen LogP contribution < -0.4 is 5.32 Å². The van der Waals surface area contributed by atoms with Crippen LogP contribution in [-0.2, 0) is 0 Å². The van der Waals surface area contributed by atoms with Gasteiger partial charge in [0.05, 0.1) is 0 Å². The van der Waals surface area contributed by atoms with Crippen molar-refractivity contribution in [3.05, 3.63) is 34.3 Å². The maximum atomic E-state index is 3.53. The SMILES string of the molecule is Brc1ccc([C@H]2CNCC23CC3)cc1. The van der Waals surface area contributed by atoms with Crippen molar-refractivity contribution in [3.63, 3.8) is 0 Å². The smallest absolute Gasteiger partial charge is 0.0175 e. The van der Waals surface area contributed by atoms with Crippen molar-refractivity contribution in [1.82, 2.24) is 5.32 Å². The van der Waals surface area contributed by atoms with Crippen LogP contribution in [0.1, 0.15) is 24.3 Å². The van der Waals surface area contributed by atoms with Crippen molar-refractivity contribution in [2.24, 2.45) is 5.41 Å². The van der Waals surface area contributed by atoms with E-state index in [2.05, 4.69) is 45.5 Å². The molecule has 1 aromatic carbocycles. The van der Waals surface area contributed by atoms with Crippen LogP contribution in [0.15, 0.2) is 28.7 Å². The molecule has 2 aliphatic rings. The standard InChI is InChI=1S/C12H14BrN/c13-10-3-1-9(2-4-10)11-7-14-8-12(11)5-6-12/h1-4,11,14H,5-8H2/t11-/m1/s1. The molecule has 3 rings (SSSR count). The van der Waals surface area contributed by atoms with Crippen LogP contribution in [-0.4, -0.2) is 13.1 Å². The Bertz CT molecular complexity index is 340. The van der Waals surface area contributed by atoms with Gasteiger partial charge in [-0.15, -0.1) is 0 Å². The van der Waals surface area contributed by atoms with Gasteiger partial charge in [0.25, 0.3) is 0 Å². The summed E-state index contributed by atoms with van der Waals surface area (Å²) in [6, 6.07) is 8.84. The Morgan fingerprint density at radius 2 is 1.93 bits per heavy atom. The molecule has 2 fully saturated rings. The van der Waals surface area contributed by atoms with Crippen molar-refractivity contribution >= 4 is 15.9 Å². The van der Waals surface area contributed by atoms with Gasteiger partial charge >= 0.3 is 0 Å². The topological polar surface area (TPSA) is 12.0 Å². The Kier molecular flexibility index (Phi) is 1.96. The zero-order valence-corrected chi connectivity index (χ0v) is 9.68. The first kappa shape index (κ1) is 8.93. The van der Waals surface area contributed by atoms with Crippen molar-refractivity contribution in [2.75, 3.05) is 13.1 Å². The van der Waals surface area contributed by atoms with E-state index in [1.54, 1.807) is 0 Å². The third kappa shape index (κ3) is 1.32. The Balaban J connectivity index is 1.91. The number of nitrogens with one attached hydrogen (secondary N) is 1. The summed E-state index contributed by atoms with van der Waals surface area (Å²) in [7, 11) is 0. The van der Waals surface area contributed by atoms with Gasteiger partial charge in [-0.1, -0.05) is 28.1 Å². The highest BCUT2D eigenvalue weighted by Crippen LogP contribution is 2.57. The molecule has 1 N–H and O–H groups in total. The molecule has 1 aliphatic carbocycles. The molecule has 0 bridgehead atoms. The summed E-state index contributed by atoms with van der Waals surface area (Å²) < 4.78 is 1.18. The van der Waals surface area contributed by atoms with Crippen molar-refractivity contribution in [2.45, 2.75) is 18.8 Å². The van der Waals surface area contributed by atoms with Crippen molar-refractivity contribution in [1.29, 1.82) is 0 Å². The van der Waals surface area contributed by atoms with Gasteiger partial charge in [0.1, 0.15) is 0 Å². The summed E-state index contributed by atoms with van der Waals surface area (Å²) in [6.07, 6.45) is 2.83. The van der Waals surface area contributed by atoms with Gasteiger partial charge in [-0.05, 0) is 36.0 Å². The monoisotopic (exact) mass is 251 g/mol. The minimum Gasteiger partial charge on any atom is -0.316 e. The van der Waals surface area contributed by atoms with E-state index in [-0.39, 0.29) is 0 Å². The van der Waals surface area contributed by atoms with Gasteiger partial charge in [0.15, 0.2) is 0 Å². The van der Waals surface area contributed by atoms with Crippen LogP contribution in [0.3, 0.4) is 0 Å². The first-order valence-corrected chi connectivity index (χ1v) is 6.06. The molecule has 1 saturated heterocycles. The molecule has 1 atom stereocenters. The van der Waals surface area contributed by atoms with Gasteiger partial charge in [-0.2, -0.15) is 0 Å². The zero-order valence-electron chi connectivity index (χ0n) is 8.09. The fourth-order valence-electron chi connectivity index (χ4n) is 2.66. The second-order valence-corrected chi connectivity index (χ2v) is 5.51. The van der Waals surface area contributed by atoms with Crippen LogP contribution in [0.2, 0.25) is 0 Å². The van der Waals surface area contributed by atoms with E-state index in [1.807, 2.05) is 0 Å². The molecule has 0 radical (unpaired) electrons. The van der Waals surface area contributed by atoms with Crippen LogP contribution >= 0.6 is 15.9 Å². The minimum atomic E-state index is 0.633. The van der Waals surface area contributed by atoms with E-state index < -0.39 is 0 Å². The summed E-state index contributed by atoms with van der Waals surface area (Å²) in [5, 5.41) is 3.53. The molecule has 2 heteroatoms. The molecule has 0 amide bonds. The second-order valence-electron chi connectivity index (χ2n) is 4.60. The molecule has 1 heterocycles. The van der Waals surface area contributed by atoms with Crippen LogP contribution in [0.4, 0.5) is 0 Å². The van der Waals surface area contributed by atoms with E-state index in [0.717, 1.165) is 5.92 Å². The van der Waals surface area contributed by atoms with Crippen LogP contribution in [0.5, 0.6) is 0 Å². The molecule has 0 aromatic heterocycles. The quantitative estimate of drug-likeness (QED) is 0.810. The molecular weight excluding hydrogens is 238 g/mol. The van der Waals surface area contributed by atoms with E-state index in [0.29, 0.717) is 5.41 Å². The fourth-order valence-corrected chi connectivity index (χ4v) is 2.92. The predicted molar refractivity (Wildman–Crippen MR) is 61.4 cm³/mol.